The van der Waals surface area contributed by atoms with E-state index in [0.717, 1.165) is 18.4 Å². The molecule has 0 aliphatic carbocycles. The fourth-order valence-corrected chi connectivity index (χ4v) is 1.93. The van der Waals surface area contributed by atoms with Gasteiger partial charge in [-0.2, -0.15) is 4.68 Å². The Labute approximate surface area is 106 Å². The third-order valence-electron chi connectivity index (χ3n) is 2.94. The largest absolute Gasteiger partial charge is 0.437 e. The van der Waals surface area contributed by atoms with E-state index in [1.54, 1.807) is 0 Å². The number of aromatic nitrogens is 2. The van der Waals surface area contributed by atoms with Crippen LogP contribution in [0.3, 0.4) is 0 Å². The van der Waals surface area contributed by atoms with Crippen molar-refractivity contribution in [2.75, 3.05) is 0 Å². The van der Waals surface area contributed by atoms with Crippen molar-refractivity contribution in [3.8, 4) is 0 Å². The van der Waals surface area contributed by atoms with Crippen molar-refractivity contribution in [1.29, 1.82) is 0 Å². The molecule has 96 valence electrons. The SMILES string of the molecule is CCCC(C)c1nn(Cc2ccccc2)c(=O)o1. The van der Waals surface area contributed by atoms with Gasteiger partial charge in [0.1, 0.15) is 0 Å². The summed E-state index contributed by atoms with van der Waals surface area (Å²) in [4.78, 5) is 11.7. The van der Waals surface area contributed by atoms with E-state index in [1.165, 1.54) is 4.68 Å². The summed E-state index contributed by atoms with van der Waals surface area (Å²) in [5, 5.41) is 4.26. The molecule has 0 aliphatic heterocycles. The van der Waals surface area contributed by atoms with Crippen LogP contribution in [0.2, 0.25) is 0 Å². The van der Waals surface area contributed by atoms with Gasteiger partial charge in [-0.1, -0.05) is 50.6 Å². The van der Waals surface area contributed by atoms with Gasteiger partial charge in [0, 0.05) is 5.92 Å². The zero-order chi connectivity index (χ0) is 13.0. The molecule has 0 aliphatic rings. The summed E-state index contributed by atoms with van der Waals surface area (Å²) >= 11 is 0. The Morgan fingerprint density at radius 1 is 1.33 bits per heavy atom. The first-order valence-electron chi connectivity index (χ1n) is 6.32. The summed E-state index contributed by atoms with van der Waals surface area (Å²) in [5.74, 6) is 0.356. The van der Waals surface area contributed by atoms with Crippen LogP contribution in [0.25, 0.3) is 0 Å². The molecule has 4 nitrogen and oxygen atoms in total. The fraction of sp³-hybridized carbons (Fsp3) is 0.429. The predicted octanol–water partition coefficient (Wildman–Crippen LogP) is 2.79. The summed E-state index contributed by atoms with van der Waals surface area (Å²) in [6.45, 7) is 4.60. The molecule has 0 spiro atoms. The maximum atomic E-state index is 11.7. The van der Waals surface area contributed by atoms with Crippen LogP contribution in [0.15, 0.2) is 39.5 Å². The van der Waals surface area contributed by atoms with Gasteiger partial charge in [0.25, 0.3) is 0 Å². The summed E-state index contributed by atoms with van der Waals surface area (Å²) < 4.78 is 6.58. The quantitative estimate of drug-likeness (QED) is 0.815. The van der Waals surface area contributed by atoms with E-state index in [4.69, 9.17) is 4.42 Å². The molecule has 1 aromatic carbocycles. The summed E-state index contributed by atoms with van der Waals surface area (Å²) in [5.41, 5.74) is 1.04. The Kier molecular flexibility index (Phi) is 3.97. The summed E-state index contributed by atoms with van der Waals surface area (Å²) in [6.07, 6.45) is 2.03. The molecule has 2 rings (SSSR count). The minimum absolute atomic E-state index is 0.194. The minimum Gasteiger partial charge on any atom is -0.392 e. The van der Waals surface area contributed by atoms with Gasteiger partial charge in [-0.15, -0.1) is 5.10 Å². The molecule has 0 radical (unpaired) electrons. The summed E-state index contributed by atoms with van der Waals surface area (Å²) in [7, 11) is 0. The second-order valence-electron chi connectivity index (χ2n) is 4.54. The first kappa shape index (κ1) is 12.6. The maximum absolute atomic E-state index is 11.7. The molecule has 0 saturated carbocycles. The standard InChI is InChI=1S/C14H18N2O2/c1-3-7-11(2)13-15-16(14(17)18-13)10-12-8-5-4-6-9-12/h4-6,8-9,11H,3,7,10H2,1-2H3. The van der Waals surface area contributed by atoms with Crippen LogP contribution < -0.4 is 5.76 Å². The number of rotatable bonds is 5. The van der Waals surface area contributed by atoms with Crippen LogP contribution in [0.5, 0.6) is 0 Å². The Balaban J connectivity index is 2.17. The Hall–Kier alpha value is -1.84. The Morgan fingerprint density at radius 2 is 2.06 bits per heavy atom. The zero-order valence-corrected chi connectivity index (χ0v) is 10.8. The molecule has 1 unspecified atom stereocenters. The van der Waals surface area contributed by atoms with Crippen molar-refractivity contribution in [3.63, 3.8) is 0 Å². The van der Waals surface area contributed by atoms with Crippen molar-refractivity contribution in [2.45, 2.75) is 39.2 Å². The first-order valence-corrected chi connectivity index (χ1v) is 6.32. The van der Waals surface area contributed by atoms with Crippen LogP contribution in [0, 0.1) is 0 Å². The average molecular weight is 246 g/mol. The third kappa shape index (κ3) is 2.88. The number of nitrogens with zero attached hydrogens (tertiary/aromatic N) is 2. The lowest BCUT2D eigenvalue weighted by Crippen LogP contribution is -2.16. The smallest absolute Gasteiger partial charge is 0.392 e. The topological polar surface area (TPSA) is 48.0 Å². The second-order valence-corrected chi connectivity index (χ2v) is 4.54. The van der Waals surface area contributed by atoms with E-state index in [9.17, 15) is 4.79 Å². The van der Waals surface area contributed by atoms with E-state index < -0.39 is 0 Å². The zero-order valence-electron chi connectivity index (χ0n) is 10.8. The molecule has 18 heavy (non-hydrogen) atoms. The van der Waals surface area contributed by atoms with E-state index in [0.29, 0.717) is 12.4 Å². The lowest BCUT2D eigenvalue weighted by molar-refractivity contribution is 0.416. The van der Waals surface area contributed by atoms with Gasteiger partial charge in [-0.05, 0) is 12.0 Å². The molecular weight excluding hydrogens is 228 g/mol. The Bertz CT molecular complexity index is 542. The second kappa shape index (κ2) is 5.67. The highest BCUT2D eigenvalue weighted by Gasteiger charge is 2.14. The molecule has 2 aromatic rings. The molecule has 0 saturated heterocycles. The predicted molar refractivity (Wildman–Crippen MR) is 69.6 cm³/mol. The van der Waals surface area contributed by atoms with E-state index >= 15 is 0 Å². The fourth-order valence-electron chi connectivity index (χ4n) is 1.93. The first-order chi connectivity index (χ1) is 8.70. The van der Waals surface area contributed by atoms with Gasteiger partial charge in [-0.3, -0.25) is 0 Å². The van der Waals surface area contributed by atoms with Gasteiger partial charge in [0.2, 0.25) is 5.89 Å². The monoisotopic (exact) mass is 246 g/mol. The highest BCUT2D eigenvalue weighted by Crippen LogP contribution is 2.16. The number of hydrogen-bond donors (Lipinski definition) is 0. The molecule has 0 fully saturated rings. The number of benzene rings is 1. The normalized spacial score (nSPS) is 12.6. The van der Waals surface area contributed by atoms with E-state index in [-0.39, 0.29) is 11.7 Å². The third-order valence-corrected chi connectivity index (χ3v) is 2.94. The highest BCUT2D eigenvalue weighted by atomic mass is 16.4. The van der Waals surface area contributed by atoms with Crippen LogP contribution in [0.4, 0.5) is 0 Å². The molecule has 4 heteroatoms. The molecule has 1 heterocycles. The van der Waals surface area contributed by atoms with Gasteiger partial charge < -0.3 is 4.42 Å². The van der Waals surface area contributed by atoms with Gasteiger partial charge in [0.15, 0.2) is 0 Å². The molecule has 1 atom stereocenters. The summed E-state index contributed by atoms with van der Waals surface area (Å²) in [6, 6.07) is 9.78. The van der Waals surface area contributed by atoms with Crippen LogP contribution in [0.1, 0.15) is 44.1 Å². The molecule has 0 bridgehead atoms. The van der Waals surface area contributed by atoms with E-state index in [2.05, 4.69) is 12.0 Å². The molecule has 0 N–H and O–H groups in total. The van der Waals surface area contributed by atoms with Crippen LogP contribution in [-0.4, -0.2) is 9.78 Å². The maximum Gasteiger partial charge on any atom is 0.437 e. The molecule has 0 amide bonds. The Morgan fingerprint density at radius 3 is 2.72 bits per heavy atom. The van der Waals surface area contributed by atoms with Gasteiger partial charge in [0.05, 0.1) is 6.54 Å². The van der Waals surface area contributed by atoms with Crippen molar-refractivity contribution in [1.82, 2.24) is 9.78 Å². The van der Waals surface area contributed by atoms with Crippen molar-refractivity contribution in [2.24, 2.45) is 0 Å². The molecule has 1 aromatic heterocycles. The highest BCUT2D eigenvalue weighted by molar-refractivity contribution is 5.14. The van der Waals surface area contributed by atoms with Crippen molar-refractivity contribution >= 4 is 0 Å². The van der Waals surface area contributed by atoms with Gasteiger partial charge >= 0.3 is 5.76 Å². The average Bonchev–Trinajstić information content (AvgIpc) is 2.73. The molecular formula is C14H18N2O2. The lowest BCUT2D eigenvalue weighted by atomic mass is 10.1. The van der Waals surface area contributed by atoms with E-state index in [1.807, 2.05) is 37.3 Å². The minimum atomic E-state index is -0.378. The van der Waals surface area contributed by atoms with Crippen LogP contribution in [-0.2, 0) is 6.54 Å². The van der Waals surface area contributed by atoms with Gasteiger partial charge in [-0.25, -0.2) is 4.79 Å². The number of hydrogen-bond acceptors (Lipinski definition) is 3. The van der Waals surface area contributed by atoms with Crippen molar-refractivity contribution in [3.05, 3.63) is 52.3 Å². The lowest BCUT2D eigenvalue weighted by Gasteiger charge is -2.02. The van der Waals surface area contributed by atoms with Crippen LogP contribution >= 0.6 is 0 Å². The van der Waals surface area contributed by atoms with Crippen molar-refractivity contribution < 1.29 is 4.42 Å².